The number of nitrogens with zero attached hydrogens (tertiary/aromatic N) is 7. The van der Waals surface area contributed by atoms with Gasteiger partial charge in [0.1, 0.15) is 0 Å². The van der Waals surface area contributed by atoms with Crippen LogP contribution in [0.15, 0.2) is 159 Å². The summed E-state index contributed by atoms with van der Waals surface area (Å²) in [6, 6.07) is 35.6. The molecule has 7 heterocycles. The number of pyridine rings is 6. The monoisotopic (exact) mass is 967 g/mol. The third-order valence-electron chi connectivity index (χ3n) is 6.51. The first-order chi connectivity index (χ1) is 26.6. The third kappa shape index (κ3) is 27.2. The average Bonchev–Trinajstić information content (AvgIpc) is 3.68. The summed E-state index contributed by atoms with van der Waals surface area (Å²) in [7, 11) is -21.3. The summed E-state index contributed by atoms with van der Waals surface area (Å²) in [5.41, 5.74) is 8.03. The van der Waals surface area contributed by atoms with Crippen molar-refractivity contribution in [3.63, 3.8) is 0 Å². The summed E-state index contributed by atoms with van der Waals surface area (Å²) >= 11 is 0. The van der Waals surface area contributed by atoms with E-state index in [2.05, 4.69) is 84.1 Å². The molecule has 0 spiro atoms. The summed E-state index contributed by atoms with van der Waals surface area (Å²) in [5.74, 6) is 0. The second-order valence-corrected chi connectivity index (χ2v) is 15.5. The topological polar surface area (TPSA) is 82.3 Å². The largest absolute Gasteiger partial charge is 2.00 e. The van der Waals surface area contributed by atoms with Crippen molar-refractivity contribution in [2.45, 2.75) is 19.9 Å². The van der Waals surface area contributed by atoms with Crippen LogP contribution in [0, 0.1) is 6.92 Å². The Balaban J connectivity index is 0.000000270. The van der Waals surface area contributed by atoms with Crippen LogP contribution in [0.3, 0.4) is 0 Å². The first-order valence-corrected chi connectivity index (χ1v) is 20.5. The van der Waals surface area contributed by atoms with Gasteiger partial charge in [-0.2, -0.15) is 0 Å². The summed E-state index contributed by atoms with van der Waals surface area (Å²) in [6.07, 6.45) is 15.9. The van der Waals surface area contributed by atoms with Crippen LogP contribution in [0.25, 0.3) is 34.2 Å². The van der Waals surface area contributed by atoms with E-state index in [0.717, 1.165) is 47.1 Å². The van der Waals surface area contributed by atoms with Gasteiger partial charge >= 0.3 is 85.5 Å². The molecular formula is C37H33F12N7P2Ru. The number of halogens is 12. The number of aryl methyl sites for hydroxylation is 3. The van der Waals surface area contributed by atoms with Crippen molar-refractivity contribution in [2.24, 2.45) is 0 Å². The Morgan fingerprint density at radius 3 is 1.05 bits per heavy atom. The standard InChI is InChI=1S/C17H17N3.2C10H8N2.2F6P.Ru/c1-14-4-7-18-16(12-14)17-13-15(5-8-19-17)6-11-20-9-2-3-10-20;2*1-3-7-11-9(5-1)10-6-2-4-8-12-10;2*1-7(2,3,4,5)6;/h2-5,7-10,12-13H,6,11H2,1H3;2*1-8H;;;/q;;;2*-1;+2. The fourth-order valence-corrected chi connectivity index (χ4v) is 4.28. The molecule has 7 aromatic rings. The fraction of sp³-hybridized carbons (Fsp3) is 0.0811. The van der Waals surface area contributed by atoms with E-state index in [-0.39, 0.29) is 19.5 Å². The Morgan fingerprint density at radius 2 is 0.729 bits per heavy atom. The molecule has 0 atom stereocenters. The molecule has 0 N–H and O–H groups in total. The second kappa shape index (κ2) is 19.3. The van der Waals surface area contributed by atoms with Crippen LogP contribution in [0.2, 0.25) is 0 Å². The normalized spacial score (nSPS) is 13.0. The van der Waals surface area contributed by atoms with Gasteiger partial charge in [0.2, 0.25) is 0 Å². The zero-order chi connectivity index (χ0) is 43.1. The molecule has 318 valence electrons. The zero-order valence-corrected chi connectivity index (χ0v) is 33.9. The molecule has 0 fully saturated rings. The Hall–Kier alpha value is -5.18. The van der Waals surface area contributed by atoms with Crippen molar-refractivity contribution in [1.29, 1.82) is 0 Å². The van der Waals surface area contributed by atoms with Crippen molar-refractivity contribution in [3.8, 4) is 34.2 Å². The first-order valence-electron chi connectivity index (χ1n) is 16.4. The van der Waals surface area contributed by atoms with Gasteiger partial charge in [0.15, 0.2) is 0 Å². The van der Waals surface area contributed by atoms with E-state index in [0.29, 0.717) is 0 Å². The first kappa shape index (κ1) is 50.0. The Morgan fingerprint density at radius 1 is 0.407 bits per heavy atom. The molecule has 7 rings (SSSR count). The van der Waals surface area contributed by atoms with Gasteiger partial charge in [-0.15, -0.1) is 0 Å². The van der Waals surface area contributed by atoms with Gasteiger partial charge in [-0.05, 0) is 109 Å². The SMILES string of the molecule is Cc1ccnc(-c2cc(CCn3cccc3)ccn2)c1.F[P-](F)(F)(F)(F)F.F[P-](F)(F)(F)(F)F.[Ru+2].c1ccc(-c2ccccn2)nc1.c1ccc(-c2ccccn2)nc1. The maximum absolute atomic E-state index is 10.7. The zero-order valence-electron chi connectivity index (χ0n) is 30.3. The van der Waals surface area contributed by atoms with E-state index in [9.17, 15) is 50.4 Å². The van der Waals surface area contributed by atoms with Crippen LogP contribution in [-0.2, 0) is 32.4 Å². The molecule has 22 heteroatoms. The van der Waals surface area contributed by atoms with Gasteiger partial charge in [-0.1, -0.05) is 24.3 Å². The Kier molecular flexibility index (Phi) is 16.3. The van der Waals surface area contributed by atoms with E-state index in [4.69, 9.17) is 0 Å². The van der Waals surface area contributed by atoms with Crippen LogP contribution in [0.1, 0.15) is 11.1 Å². The smallest absolute Gasteiger partial charge is 0.255 e. The predicted molar refractivity (Wildman–Crippen MR) is 202 cm³/mol. The number of hydrogen-bond acceptors (Lipinski definition) is 6. The maximum atomic E-state index is 9.87. The van der Waals surface area contributed by atoms with Gasteiger partial charge < -0.3 is 4.57 Å². The van der Waals surface area contributed by atoms with Gasteiger partial charge in [-0.3, -0.25) is 29.9 Å². The molecule has 59 heavy (non-hydrogen) atoms. The molecule has 7 aromatic heterocycles. The Bertz CT molecular complexity index is 2080. The fourth-order valence-electron chi connectivity index (χ4n) is 4.28. The average molecular weight is 967 g/mol. The van der Waals surface area contributed by atoms with Crippen molar-refractivity contribution in [1.82, 2.24) is 34.5 Å². The number of aromatic nitrogens is 7. The van der Waals surface area contributed by atoms with E-state index in [1.54, 1.807) is 24.8 Å². The molecule has 0 aromatic carbocycles. The summed E-state index contributed by atoms with van der Waals surface area (Å²) in [6.45, 7) is 3.05. The molecule has 0 saturated carbocycles. The Labute approximate surface area is 342 Å². The molecule has 0 unspecified atom stereocenters. The molecule has 0 aliphatic heterocycles. The van der Waals surface area contributed by atoms with Crippen LogP contribution < -0.4 is 0 Å². The summed E-state index contributed by atoms with van der Waals surface area (Å²) < 4.78 is 121. The third-order valence-corrected chi connectivity index (χ3v) is 6.51. The van der Waals surface area contributed by atoms with Gasteiger partial charge in [0, 0.05) is 56.1 Å². The molecular weight excluding hydrogens is 933 g/mol. The molecule has 0 amide bonds. The second-order valence-electron chi connectivity index (χ2n) is 11.7. The minimum Gasteiger partial charge on any atom is -0.255 e. The maximum Gasteiger partial charge on any atom is 2.00 e. The van der Waals surface area contributed by atoms with Crippen molar-refractivity contribution >= 4 is 15.6 Å². The number of rotatable bonds is 6. The van der Waals surface area contributed by atoms with Crippen LogP contribution in [0.4, 0.5) is 50.4 Å². The van der Waals surface area contributed by atoms with Crippen LogP contribution in [-0.4, -0.2) is 34.5 Å². The minimum atomic E-state index is -10.7. The van der Waals surface area contributed by atoms with Crippen molar-refractivity contribution < 1.29 is 69.8 Å². The molecule has 0 radical (unpaired) electrons. The molecule has 0 aliphatic carbocycles. The van der Waals surface area contributed by atoms with E-state index >= 15 is 0 Å². The van der Waals surface area contributed by atoms with Crippen LogP contribution >= 0.6 is 15.6 Å². The van der Waals surface area contributed by atoms with Gasteiger partial charge in [0.25, 0.3) is 0 Å². The van der Waals surface area contributed by atoms with Crippen molar-refractivity contribution in [3.05, 3.63) is 170 Å². The van der Waals surface area contributed by atoms with E-state index < -0.39 is 15.6 Å². The summed E-state index contributed by atoms with van der Waals surface area (Å²) in [5, 5.41) is 0. The molecule has 7 nitrogen and oxygen atoms in total. The molecule has 0 bridgehead atoms. The number of hydrogen-bond donors (Lipinski definition) is 0. The summed E-state index contributed by atoms with van der Waals surface area (Å²) in [4.78, 5) is 25.6. The quantitative estimate of drug-likeness (QED) is 0.0938. The van der Waals surface area contributed by atoms with Gasteiger partial charge in [0.05, 0.1) is 34.2 Å². The van der Waals surface area contributed by atoms with Gasteiger partial charge in [-0.25, -0.2) is 0 Å². The van der Waals surface area contributed by atoms with E-state index in [1.165, 1.54) is 11.1 Å². The molecule has 0 aliphatic rings. The van der Waals surface area contributed by atoms with Crippen LogP contribution in [0.5, 0.6) is 0 Å². The predicted octanol–water partition coefficient (Wildman–Crippen LogP) is 14.5. The molecule has 0 saturated heterocycles. The minimum absolute atomic E-state index is 0. The van der Waals surface area contributed by atoms with Crippen molar-refractivity contribution in [2.75, 3.05) is 0 Å². The van der Waals surface area contributed by atoms with E-state index in [1.807, 2.05) is 91.3 Å².